The quantitative estimate of drug-likeness (QED) is 0.898. The maximum absolute atomic E-state index is 11.9. The van der Waals surface area contributed by atoms with Crippen molar-refractivity contribution in [3.05, 3.63) is 30.5 Å². The van der Waals surface area contributed by atoms with Crippen LogP contribution < -0.4 is 5.32 Å². The van der Waals surface area contributed by atoms with Crippen LogP contribution in [0.5, 0.6) is 0 Å². The summed E-state index contributed by atoms with van der Waals surface area (Å²) in [6.45, 7) is 1.83. The third-order valence-corrected chi connectivity index (χ3v) is 3.04. The van der Waals surface area contributed by atoms with Gasteiger partial charge in [0.25, 0.3) is 0 Å². The summed E-state index contributed by atoms with van der Waals surface area (Å²) in [6, 6.07) is 9.84. The Morgan fingerprint density at radius 2 is 2.22 bits per heavy atom. The van der Waals surface area contributed by atoms with Crippen LogP contribution >= 0.6 is 0 Å². The number of nitrogens with one attached hydrogen (secondary N) is 1. The number of hydrogen-bond acceptors (Lipinski definition) is 2. The van der Waals surface area contributed by atoms with E-state index in [1.807, 2.05) is 55.1 Å². The highest BCUT2D eigenvalue weighted by Gasteiger charge is 2.17. The predicted octanol–water partition coefficient (Wildman–Crippen LogP) is 2.67. The number of hydrogen-bond donors (Lipinski definition) is 1. The van der Waals surface area contributed by atoms with Gasteiger partial charge < -0.3 is 9.88 Å². The van der Waals surface area contributed by atoms with Gasteiger partial charge in [0.2, 0.25) is 5.91 Å². The molecule has 1 N–H and O–H groups in total. The van der Waals surface area contributed by atoms with Gasteiger partial charge in [0, 0.05) is 24.1 Å². The van der Waals surface area contributed by atoms with Gasteiger partial charge in [-0.05, 0) is 12.5 Å². The van der Waals surface area contributed by atoms with Gasteiger partial charge >= 0.3 is 0 Å². The number of benzene rings is 1. The number of nitrogens with zero attached hydrogens (tertiary/aromatic N) is 2. The van der Waals surface area contributed by atoms with Crippen molar-refractivity contribution in [1.29, 1.82) is 5.26 Å². The number of para-hydroxylation sites is 1. The molecule has 0 radical (unpaired) electrons. The monoisotopic (exact) mass is 241 g/mol. The first-order valence-corrected chi connectivity index (χ1v) is 5.92. The first-order valence-electron chi connectivity index (χ1n) is 5.92. The van der Waals surface area contributed by atoms with Crippen LogP contribution in [-0.2, 0) is 11.8 Å². The topological polar surface area (TPSA) is 57.8 Å². The lowest BCUT2D eigenvalue weighted by atomic mass is 10.1. The van der Waals surface area contributed by atoms with Gasteiger partial charge in [0.05, 0.1) is 11.8 Å². The number of amides is 1. The van der Waals surface area contributed by atoms with Gasteiger partial charge in [0.1, 0.15) is 5.92 Å². The molecular formula is C14H15N3O. The van der Waals surface area contributed by atoms with Crippen molar-refractivity contribution in [2.45, 2.75) is 13.3 Å². The van der Waals surface area contributed by atoms with Gasteiger partial charge in [-0.15, -0.1) is 0 Å². The smallest absolute Gasteiger partial charge is 0.241 e. The zero-order valence-corrected chi connectivity index (χ0v) is 10.5. The molecule has 0 saturated carbocycles. The van der Waals surface area contributed by atoms with Crippen LogP contribution in [0, 0.1) is 17.2 Å². The van der Waals surface area contributed by atoms with Crippen LogP contribution in [0.15, 0.2) is 30.5 Å². The summed E-state index contributed by atoms with van der Waals surface area (Å²) in [4.78, 5) is 11.9. The van der Waals surface area contributed by atoms with Gasteiger partial charge in [-0.25, -0.2) is 0 Å². The fraction of sp³-hybridized carbons (Fsp3) is 0.286. The Morgan fingerprint density at radius 1 is 1.50 bits per heavy atom. The van der Waals surface area contributed by atoms with Crippen LogP contribution in [0.25, 0.3) is 10.9 Å². The number of nitriles is 1. The van der Waals surface area contributed by atoms with Crippen LogP contribution in [0.3, 0.4) is 0 Å². The minimum Gasteiger partial charge on any atom is -0.348 e. The molecule has 92 valence electrons. The standard InChI is InChI=1S/C14H15N3O/c1-3-10(8-15)14(18)16-12-9-17(2)13-7-5-4-6-11(12)13/h4-7,9-10H,3H2,1-2H3,(H,16,18). The first kappa shape index (κ1) is 12.2. The second kappa shape index (κ2) is 4.92. The average molecular weight is 241 g/mol. The van der Waals surface area contributed by atoms with E-state index < -0.39 is 5.92 Å². The Morgan fingerprint density at radius 3 is 2.89 bits per heavy atom. The molecule has 4 nitrogen and oxygen atoms in total. The van der Waals surface area contributed by atoms with E-state index >= 15 is 0 Å². The highest BCUT2D eigenvalue weighted by Crippen LogP contribution is 2.25. The highest BCUT2D eigenvalue weighted by molar-refractivity contribution is 6.03. The summed E-state index contributed by atoms with van der Waals surface area (Å²) in [5, 5.41) is 12.7. The van der Waals surface area contributed by atoms with Crippen LogP contribution in [0.4, 0.5) is 5.69 Å². The normalized spacial score (nSPS) is 12.1. The van der Waals surface area contributed by atoms with Crippen molar-refractivity contribution in [1.82, 2.24) is 4.57 Å². The fourth-order valence-electron chi connectivity index (χ4n) is 2.00. The molecule has 0 spiro atoms. The van der Waals surface area contributed by atoms with E-state index in [1.54, 1.807) is 0 Å². The molecule has 0 aliphatic carbocycles. The van der Waals surface area contributed by atoms with E-state index in [2.05, 4.69) is 5.32 Å². The summed E-state index contributed by atoms with van der Waals surface area (Å²) in [5.74, 6) is -0.833. The summed E-state index contributed by atoms with van der Waals surface area (Å²) in [7, 11) is 1.93. The summed E-state index contributed by atoms with van der Waals surface area (Å²) in [6.07, 6.45) is 2.39. The van der Waals surface area contributed by atoms with E-state index in [4.69, 9.17) is 5.26 Å². The van der Waals surface area contributed by atoms with Gasteiger partial charge in [0.15, 0.2) is 0 Å². The lowest BCUT2D eigenvalue weighted by Gasteiger charge is -2.06. The predicted molar refractivity (Wildman–Crippen MR) is 70.9 cm³/mol. The van der Waals surface area contributed by atoms with Gasteiger partial charge in [-0.1, -0.05) is 25.1 Å². The minimum absolute atomic E-state index is 0.239. The average Bonchev–Trinajstić information content (AvgIpc) is 2.69. The molecular weight excluding hydrogens is 226 g/mol. The number of anilines is 1. The number of fused-ring (bicyclic) bond motifs is 1. The number of aryl methyl sites for hydroxylation is 1. The Balaban J connectivity index is 2.33. The van der Waals surface area contributed by atoms with Crippen molar-refractivity contribution in [3.63, 3.8) is 0 Å². The van der Waals surface area contributed by atoms with E-state index in [-0.39, 0.29) is 5.91 Å². The van der Waals surface area contributed by atoms with E-state index in [0.717, 1.165) is 16.6 Å². The zero-order chi connectivity index (χ0) is 13.1. The molecule has 1 aromatic carbocycles. The molecule has 0 saturated heterocycles. The Hall–Kier alpha value is -2.28. The molecule has 1 atom stereocenters. The number of carbonyl (C=O) groups excluding carboxylic acids is 1. The summed E-state index contributed by atoms with van der Waals surface area (Å²) in [5.41, 5.74) is 1.81. The maximum atomic E-state index is 11.9. The molecule has 18 heavy (non-hydrogen) atoms. The number of aromatic nitrogens is 1. The molecule has 4 heteroatoms. The molecule has 0 aliphatic rings. The van der Waals surface area contributed by atoms with Crippen LogP contribution in [0.1, 0.15) is 13.3 Å². The second-order valence-electron chi connectivity index (χ2n) is 4.25. The third-order valence-electron chi connectivity index (χ3n) is 3.04. The SMILES string of the molecule is CCC(C#N)C(=O)Nc1cn(C)c2ccccc12. The molecule has 0 fully saturated rings. The Bertz CT molecular complexity index is 621. The van der Waals surface area contributed by atoms with Crippen molar-refractivity contribution < 1.29 is 4.79 Å². The zero-order valence-electron chi connectivity index (χ0n) is 10.5. The molecule has 1 aromatic heterocycles. The largest absolute Gasteiger partial charge is 0.348 e. The van der Waals surface area contributed by atoms with Crippen molar-refractivity contribution in [2.24, 2.45) is 13.0 Å². The number of rotatable bonds is 3. The highest BCUT2D eigenvalue weighted by atomic mass is 16.1. The lowest BCUT2D eigenvalue weighted by Crippen LogP contribution is -2.20. The molecule has 1 amide bonds. The van der Waals surface area contributed by atoms with E-state index in [0.29, 0.717) is 6.42 Å². The second-order valence-corrected chi connectivity index (χ2v) is 4.25. The van der Waals surface area contributed by atoms with Crippen molar-refractivity contribution in [2.75, 3.05) is 5.32 Å². The van der Waals surface area contributed by atoms with E-state index in [1.165, 1.54) is 0 Å². The van der Waals surface area contributed by atoms with Crippen LogP contribution in [-0.4, -0.2) is 10.5 Å². The number of carbonyl (C=O) groups is 1. The minimum atomic E-state index is -0.594. The molecule has 1 heterocycles. The molecule has 0 aliphatic heterocycles. The van der Waals surface area contributed by atoms with Gasteiger partial charge in [-0.3, -0.25) is 4.79 Å². The van der Waals surface area contributed by atoms with Crippen molar-refractivity contribution in [3.8, 4) is 6.07 Å². The molecule has 0 bridgehead atoms. The first-order chi connectivity index (χ1) is 8.67. The molecule has 2 aromatic rings. The summed E-state index contributed by atoms with van der Waals surface area (Å²) < 4.78 is 1.96. The maximum Gasteiger partial charge on any atom is 0.241 e. The van der Waals surface area contributed by atoms with E-state index in [9.17, 15) is 4.79 Å². The Labute approximate surface area is 106 Å². The summed E-state index contributed by atoms with van der Waals surface area (Å²) >= 11 is 0. The third kappa shape index (κ3) is 2.07. The van der Waals surface area contributed by atoms with Crippen molar-refractivity contribution >= 4 is 22.5 Å². The molecule has 2 rings (SSSR count). The van der Waals surface area contributed by atoms with Crippen LogP contribution in [0.2, 0.25) is 0 Å². The fourth-order valence-corrected chi connectivity index (χ4v) is 2.00. The molecule has 1 unspecified atom stereocenters. The van der Waals surface area contributed by atoms with Gasteiger partial charge in [-0.2, -0.15) is 5.26 Å². The lowest BCUT2D eigenvalue weighted by molar-refractivity contribution is -0.118. The Kier molecular flexibility index (Phi) is 3.33.